The zero-order valence-corrected chi connectivity index (χ0v) is 14.4. The molecule has 0 bridgehead atoms. The first-order chi connectivity index (χ1) is 9.94. The van der Waals surface area contributed by atoms with Crippen LogP contribution in [0.2, 0.25) is 0 Å². The Kier molecular flexibility index (Phi) is 5.39. The lowest BCUT2D eigenvalue weighted by molar-refractivity contribution is -0.117. The lowest BCUT2D eigenvalue weighted by Gasteiger charge is -2.16. The molecule has 0 saturated heterocycles. The third kappa shape index (κ3) is 4.84. The number of hydrogen-bond acceptors (Lipinski definition) is 4. The Morgan fingerprint density at radius 2 is 2.19 bits per heavy atom. The summed E-state index contributed by atoms with van der Waals surface area (Å²) in [6.07, 6.45) is 0. The summed E-state index contributed by atoms with van der Waals surface area (Å²) in [5.74, 6) is -0.0269. The highest BCUT2D eigenvalue weighted by Crippen LogP contribution is 2.21. The number of nitrogen functional groups attached to an aromatic ring is 1. The highest BCUT2D eigenvalue weighted by molar-refractivity contribution is 9.10. The van der Waals surface area contributed by atoms with Crippen molar-refractivity contribution in [3.63, 3.8) is 0 Å². The fourth-order valence-corrected chi connectivity index (χ4v) is 3.55. The zero-order valence-electron chi connectivity index (χ0n) is 12.0. The SMILES string of the molecule is Cc1cc(N)ccc1NC(=O)CN(C)Cc1cc(Br)cs1. The van der Waals surface area contributed by atoms with Gasteiger partial charge in [0.05, 0.1) is 6.54 Å². The molecule has 21 heavy (non-hydrogen) atoms. The topological polar surface area (TPSA) is 58.4 Å². The molecular formula is C15H18BrN3OS. The maximum absolute atomic E-state index is 12.1. The first-order valence-electron chi connectivity index (χ1n) is 6.51. The third-order valence-corrected chi connectivity index (χ3v) is 4.67. The van der Waals surface area contributed by atoms with Crippen molar-refractivity contribution >= 4 is 44.5 Å². The van der Waals surface area contributed by atoms with E-state index in [0.29, 0.717) is 12.2 Å². The molecular weight excluding hydrogens is 350 g/mol. The molecule has 0 unspecified atom stereocenters. The summed E-state index contributed by atoms with van der Waals surface area (Å²) >= 11 is 5.11. The van der Waals surface area contributed by atoms with Gasteiger partial charge in [-0.1, -0.05) is 0 Å². The fourth-order valence-electron chi connectivity index (χ4n) is 2.02. The average Bonchev–Trinajstić information content (AvgIpc) is 2.78. The molecule has 0 fully saturated rings. The molecule has 0 radical (unpaired) electrons. The molecule has 1 aromatic carbocycles. The second-order valence-electron chi connectivity index (χ2n) is 5.03. The number of carbonyl (C=O) groups is 1. The van der Waals surface area contributed by atoms with Crippen LogP contribution < -0.4 is 11.1 Å². The van der Waals surface area contributed by atoms with Crippen molar-refractivity contribution in [1.29, 1.82) is 0 Å². The molecule has 112 valence electrons. The number of amides is 1. The van der Waals surface area contributed by atoms with E-state index >= 15 is 0 Å². The van der Waals surface area contributed by atoms with Crippen LogP contribution in [0.5, 0.6) is 0 Å². The zero-order chi connectivity index (χ0) is 15.4. The van der Waals surface area contributed by atoms with E-state index in [9.17, 15) is 4.79 Å². The van der Waals surface area contributed by atoms with Gasteiger partial charge in [-0.15, -0.1) is 11.3 Å². The van der Waals surface area contributed by atoms with E-state index in [2.05, 4.69) is 27.3 Å². The van der Waals surface area contributed by atoms with E-state index in [1.54, 1.807) is 17.4 Å². The van der Waals surface area contributed by atoms with Gasteiger partial charge < -0.3 is 11.1 Å². The third-order valence-electron chi connectivity index (χ3n) is 2.99. The molecule has 2 aromatic rings. The summed E-state index contributed by atoms with van der Waals surface area (Å²) in [6, 6.07) is 7.54. The van der Waals surface area contributed by atoms with Crippen LogP contribution in [0.25, 0.3) is 0 Å². The number of likely N-dealkylation sites (N-methyl/N-ethyl adjacent to an activating group) is 1. The van der Waals surface area contributed by atoms with Gasteiger partial charge in [0.2, 0.25) is 5.91 Å². The van der Waals surface area contributed by atoms with Crippen LogP contribution in [0.4, 0.5) is 11.4 Å². The summed E-state index contributed by atoms with van der Waals surface area (Å²) in [6.45, 7) is 3.03. The van der Waals surface area contributed by atoms with Gasteiger partial charge in [-0.3, -0.25) is 9.69 Å². The van der Waals surface area contributed by atoms with Crippen LogP contribution in [0.3, 0.4) is 0 Å². The molecule has 0 saturated carbocycles. The van der Waals surface area contributed by atoms with Gasteiger partial charge in [-0.25, -0.2) is 0 Å². The van der Waals surface area contributed by atoms with Crippen molar-refractivity contribution in [1.82, 2.24) is 4.90 Å². The van der Waals surface area contributed by atoms with Gasteiger partial charge in [0.1, 0.15) is 0 Å². The number of halogens is 1. The Hall–Kier alpha value is -1.37. The van der Waals surface area contributed by atoms with Crippen molar-refractivity contribution < 1.29 is 4.79 Å². The minimum absolute atomic E-state index is 0.0269. The van der Waals surface area contributed by atoms with Gasteiger partial charge in [-0.05, 0) is 59.7 Å². The number of nitrogens with zero attached hydrogens (tertiary/aromatic N) is 1. The van der Waals surface area contributed by atoms with E-state index in [1.807, 2.05) is 36.4 Å². The summed E-state index contributed by atoms with van der Waals surface area (Å²) < 4.78 is 1.08. The van der Waals surface area contributed by atoms with Crippen molar-refractivity contribution in [2.75, 3.05) is 24.6 Å². The molecule has 4 nitrogen and oxygen atoms in total. The maximum atomic E-state index is 12.1. The van der Waals surface area contributed by atoms with Crippen LogP contribution in [0, 0.1) is 6.92 Å². The van der Waals surface area contributed by atoms with Crippen LogP contribution in [0.1, 0.15) is 10.4 Å². The van der Waals surface area contributed by atoms with Crippen LogP contribution in [0.15, 0.2) is 34.1 Å². The average molecular weight is 368 g/mol. The van der Waals surface area contributed by atoms with Gasteiger partial charge >= 0.3 is 0 Å². The Balaban J connectivity index is 1.89. The highest BCUT2D eigenvalue weighted by Gasteiger charge is 2.10. The number of hydrogen-bond donors (Lipinski definition) is 2. The Morgan fingerprint density at radius 3 is 2.81 bits per heavy atom. The summed E-state index contributed by atoms with van der Waals surface area (Å²) in [7, 11) is 1.93. The van der Waals surface area contributed by atoms with Crippen LogP contribution in [-0.2, 0) is 11.3 Å². The molecule has 0 aliphatic heterocycles. The van der Waals surface area contributed by atoms with Gasteiger partial charge in [-0.2, -0.15) is 0 Å². The van der Waals surface area contributed by atoms with Crippen molar-refractivity contribution in [2.24, 2.45) is 0 Å². The van der Waals surface area contributed by atoms with Crippen molar-refractivity contribution in [3.8, 4) is 0 Å². The molecule has 3 N–H and O–H groups in total. The molecule has 1 aromatic heterocycles. The van der Waals surface area contributed by atoms with E-state index in [4.69, 9.17) is 5.73 Å². The van der Waals surface area contributed by atoms with Gasteiger partial charge in [0, 0.05) is 32.6 Å². The first-order valence-corrected chi connectivity index (χ1v) is 8.19. The van der Waals surface area contributed by atoms with Crippen LogP contribution in [-0.4, -0.2) is 24.4 Å². The Bertz CT molecular complexity index is 642. The molecule has 0 spiro atoms. The predicted molar refractivity (Wildman–Crippen MR) is 92.6 cm³/mol. The number of aryl methyl sites for hydroxylation is 1. The second-order valence-corrected chi connectivity index (χ2v) is 6.94. The summed E-state index contributed by atoms with van der Waals surface area (Å²) in [5, 5.41) is 4.96. The minimum Gasteiger partial charge on any atom is -0.399 e. The minimum atomic E-state index is -0.0269. The molecule has 0 atom stereocenters. The number of anilines is 2. The molecule has 0 aliphatic rings. The van der Waals surface area contributed by atoms with Crippen molar-refractivity contribution in [3.05, 3.63) is 44.6 Å². The standard InChI is InChI=1S/C15H18BrN3OS/c1-10-5-12(17)3-4-14(10)18-15(20)8-19(2)7-13-6-11(16)9-21-13/h3-6,9H,7-8,17H2,1-2H3,(H,18,20). The van der Waals surface area contributed by atoms with E-state index in [0.717, 1.165) is 22.3 Å². The van der Waals surface area contributed by atoms with Gasteiger partial charge in [0.25, 0.3) is 0 Å². The molecule has 0 aliphatic carbocycles. The first kappa shape index (κ1) is 16.0. The fraction of sp³-hybridized carbons (Fsp3) is 0.267. The predicted octanol–water partition coefficient (Wildman–Crippen LogP) is 3.47. The quantitative estimate of drug-likeness (QED) is 0.795. The number of thiophene rings is 1. The second kappa shape index (κ2) is 7.06. The number of nitrogens with two attached hydrogens (primary N) is 1. The maximum Gasteiger partial charge on any atom is 0.238 e. The Labute approximate surface area is 137 Å². The molecule has 2 rings (SSSR count). The normalized spacial score (nSPS) is 10.9. The molecule has 1 amide bonds. The largest absolute Gasteiger partial charge is 0.399 e. The number of rotatable bonds is 5. The summed E-state index contributed by atoms with van der Waals surface area (Å²) in [5.41, 5.74) is 8.18. The number of carbonyl (C=O) groups excluding carboxylic acids is 1. The summed E-state index contributed by atoms with van der Waals surface area (Å²) in [4.78, 5) is 15.3. The van der Waals surface area contributed by atoms with Crippen LogP contribution >= 0.6 is 27.3 Å². The lowest BCUT2D eigenvalue weighted by atomic mass is 10.2. The highest BCUT2D eigenvalue weighted by atomic mass is 79.9. The van der Waals surface area contributed by atoms with Crippen molar-refractivity contribution in [2.45, 2.75) is 13.5 Å². The van der Waals surface area contributed by atoms with E-state index in [1.165, 1.54) is 4.88 Å². The van der Waals surface area contributed by atoms with Gasteiger partial charge in [0.15, 0.2) is 0 Å². The molecule has 1 heterocycles. The number of benzene rings is 1. The van der Waals surface area contributed by atoms with E-state index < -0.39 is 0 Å². The monoisotopic (exact) mass is 367 g/mol. The Morgan fingerprint density at radius 1 is 1.43 bits per heavy atom. The number of nitrogens with one attached hydrogen (secondary N) is 1. The lowest BCUT2D eigenvalue weighted by Crippen LogP contribution is -2.29. The van der Waals surface area contributed by atoms with E-state index in [-0.39, 0.29) is 5.91 Å². The smallest absolute Gasteiger partial charge is 0.238 e. The molecule has 6 heteroatoms.